The highest BCUT2D eigenvalue weighted by atomic mass is 35.5. The number of nitrogens with one attached hydrogen (secondary N) is 1. The number of carbonyl (C=O) groups is 2. The fourth-order valence-electron chi connectivity index (χ4n) is 4.36. The van der Waals surface area contributed by atoms with Gasteiger partial charge in [0.15, 0.2) is 0 Å². The van der Waals surface area contributed by atoms with Crippen LogP contribution in [0.3, 0.4) is 0 Å². The topological polar surface area (TPSA) is 86.8 Å². The lowest BCUT2D eigenvalue weighted by atomic mass is 10.1. The largest absolute Gasteiger partial charge is 0.417 e. The van der Waals surface area contributed by atoms with Gasteiger partial charge in [-0.2, -0.15) is 13.2 Å². The van der Waals surface area contributed by atoms with Gasteiger partial charge in [-0.1, -0.05) is 66.0 Å². The molecule has 0 unspecified atom stereocenters. The van der Waals surface area contributed by atoms with Crippen molar-refractivity contribution in [2.24, 2.45) is 0 Å². The van der Waals surface area contributed by atoms with Gasteiger partial charge in [-0.05, 0) is 69.2 Å². The van der Waals surface area contributed by atoms with Gasteiger partial charge in [-0.3, -0.25) is 13.9 Å². The Kier molecular flexibility index (Phi) is 11.1. The van der Waals surface area contributed by atoms with Crippen LogP contribution in [-0.4, -0.2) is 43.8 Å². The molecule has 0 radical (unpaired) electrons. The van der Waals surface area contributed by atoms with E-state index in [1.807, 2.05) is 0 Å². The predicted molar refractivity (Wildman–Crippen MR) is 162 cm³/mol. The van der Waals surface area contributed by atoms with E-state index >= 15 is 0 Å². The second-order valence-electron chi connectivity index (χ2n) is 10.2. The third-order valence-corrected chi connectivity index (χ3v) is 9.03. The molecule has 0 saturated heterocycles. The summed E-state index contributed by atoms with van der Waals surface area (Å²) in [5, 5.41) is 2.45. The number of sulfonamides is 1. The molecule has 232 valence electrons. The summed E-state index contributed by atoms with van der Waals surface area (Å²) in [5.41, 5.74) is -0.450. The van der Waals surface area contributed by atoms with Crippen LogP contribution in [0.15, 0.2) is 71.6 Å². The Morgan fingerprint density at radius 2 is 1.58 bits per heavy atom. The summed E-state index contributed by atoms with van der Waals surface area (Å²) in [7, 11) is -4.58. The van der Waals surface area contributed by atoms with Crippen LogP contribution < -0.4 is 9.62 Å². The summed E-state index contributed by atoms with van der Waals surface area (Å²) >= 11 is 12.2. The monoisotopic (exact) mass is 657 g/mol. The molecule has 13 heteroatoms. The van der Waals surface area contributed by atoms with E-state index in [9.17, 15) is 31.2 Å². The van der Waals surface area contributed by atoms with Crippen LogP contribution in [-0.2, 0) is 32.3 Å². The number of rotatable bonds is 11. The molecule has 0 spiro atoms. The van der Waals surface area contributed by atoms with Gasteiger partial charge in [-0.25, -0.2) is 8.42 Å². The van der Waals surface area contributed by atoms with Crippen LogP contribution >= 0.6 is 23.2 Å². The fraction of sp³-hybridized carbons (Fsp3) is 0.333. The van der Waals surface area contributed by atoms with Crippen LogP contribution in [0.1, 0.15) is 43.9 Å². The van der Waals surface area contributed by atoms with Crippen molar-refractivity contribution >= 4 is 50.7 Å². The van der Waals surface area contributed by atoms with E-state index in [-0.39, 0.29) is 23.9 Å². The molecule has 43 heavy (non-hydrogen) atoms. The van der Waals surface area contributed by atoms with E-state index in [4.69, 9.17) is 23.2 Å². The second kappa shape index (κ2) is 14.0. The van der Waals surface area contributed by atoms with Crippen LogP contribution in [0.5, 0.6) is 0 Å². The highest BCUT2D eigenvalue weighted by Crippen LogP contribution is 2.38. The van der Waals surface area contributed by atoms with E-state index in [1.54, 1.807) is 52.0 Å². The van der Waals surface area contributed by atoms with Gasteiger partial charge < -0.3 is 10.2 Å². The lowest BCUT2D eigenvalue weighted by Gasteiger charge is -2.34. The summed E-state index contributed by atoms with van der Waals surface area (Å²) in [5.74, 6) is -1.30. The van der Waals surface area contributed by atoms with Crippen LogP contribution in [0.25, 0.3) is 0 Å². The molecule has 2 amide bonds. The molecule has 0 heterocycles. The summed E-state index contributed by atoms with van der Waals surface area (Å²) in [6, 6.07) is 13.6. The second-order valence-corrected chi connectivity index (χ2v) is 12.9. The van der Waals surface area contributed by atoms with E-state index in [1.165, 1.54) is 29.2 Å². The van der Waals surface area contributed by atoms with Crippen LogP contribution in [0.4, 0.5) is 18.9 Å². The van der Waals surface area contributed by atoms with Gasteiger partial charge in [0.2, 0.25) is 11.8 Å². The maximum Gasteiger partial charge on any atom is 0.417 e. The van der Waals surface area contributed by atoms with E-state index < -0.39 is 56.9 Å². The molecule has 1 N–H and O–H groups in total. The normalized spacial score (nSPS) is 12.6. The molecule has 0 aliphatic carbocycles. The van der Waals surface area contributed by atoms with Crippen molar-refractivity contribution < 1.29 is 31.2 Å². The minimum absolute atomic E-state index is 0.157. The lowest BCUT2D eigenvalue weighted by molar-refractivity contribution is -0.140. The molecule has 3 aromatic rings. The molecular weight excluding hydrogens is 626 g/mol. The first-order chi connectivity index (χ1) is 20.1. The summed E-state index contributed by atoms with van der Waals surface area (Å²) in [6.45, 7) is 5.86. The van der Waals surface area contributed by atoms with E-state index in [2.05, 4.69) is 5.32 Å². The third-order valence-electron chi connectivity index (χ3n) is 6.55. The number of hydrogen-bond donors (Lipinski definition) is 1. The van der Waals surface area contributed by atoms with E-state index in [0.29, 0.717) is 21.0 Å². The molecule has 3 rings (SSSR count). The molecule has 0 fully saturated rings. The first-order valence-electron chi connectivity index (χ1n) is 13.4. The quantitative estimate of drug-likeness (QED) is 0.244. The fourth-order valence-corrected chi connectivity index (χ4v) is 6.19. The number of hydrogen-bond acceptors (Lipinski definition) is 4. The number of carbonyl (C=O) groups excluding carboxylic acids is 2. The molecule has 0 aliphatic rings. The Morgan fingerprint density at radius 1 is 0.953 bits per heavy atom. The maximum atomic E-state index is 14.1. The minimum atomic E-state index is -4.89. The Morgan fingerprint density at radius 3 is 2.14 bits per heavy atom. The standard InChI is InChI=1S/C30H32Cl2F3N3O4S/c1-5-27(29(40)36-19(2)3)37(17-21-8-6-7-9-25(21)31)28(39)18-38(43(41,42)23-13-10-20(4)11-14-23)22-12-15-26(32)24(16-22)30(33,34)35/h6-16,19,27H,5,17-18H2,1-4H3,(H,36,40)/t27-/m1/s1. The maximum absolute atomic E-state index is 14.1. The minimum Gasteiger partial charge on any atom is -0.352 e. The van der Waals surface area contributed by atoms with Crippen LogP contribution in [0, 0.1) is 6.92 Å². The molecule has 0 aliphatic heterocycles. The number of aryl methyl sites for hydroxylation is 1. The highest BCUT2D eigenvalue weighted by Gasteiger charge is 2.37. The number of amides is 2. The molecule has 3 aromatic carbocycles. The summed E-state index contributed by atoms with van der Waals surface area (Å²) < 4.78 is 69.8. The molecular formula is C30H32Cl2F3N3O4S. The first-order valence-corrected chi connectivity index (χ1v) is 15.5. The Hall–Kier alpha value is -3.28. The van der Waals surface area contributed by atoms with E-state index in [0.717, 1.165) is 17.7 Å². The summed E-state index contributed by atoms with van der Waals surface area (Å²) in [4.78, 5) is 28.2. The van der Waals surface area contributed by atoms with Gasteiger partial charge in [0, 0.05) is 17.6 Å². The van der Waals surface area contributed by atoms with Crippen molar-refractivity contribution in [3.05, 3.63) is 93.5 Å². The third kappa shape index (κ3) is 8.43. The van der Waals surface area contributed by atoms with Gasteiger partial charge in [-0.15, -0.1) is 0 Å². The number of halogens is 5. The Labute approximate surface area is 259 Å². The van der Waals surface area contributed by atoms with Crippen molar-refractivity contribution in [1.82, 2.24) is 10.2 Å². The summed E-state index contributed by atoms with van der Waals surface area (Å²) in [6.07, 6.45) is -4.73. The van der Waals surface area contributed by atoms with Gasteiger partial charge in [0.1, 0.15) is 12.6 Å². The Bertz CT molecular complexity index is 1570. The highest BCUT2D eigenvalue weighted by molar-refractivity contribution is 7.92. The van der Waals surface area contributed by atoms with Crippen molar-refractivity contribution in [2.45, 2.75) is 63.8 Å². The SMILES string of the molecule is CC[C@H](C(=O)NC(C)C)N(Cc1ccccc1Cl)C(=O)CN(c1ccc(Cl)c(C(F)(F)F)c1)S(=O)(=O)c1ccc(C)cc1. The van der Waals surface area contributed by atoms with Crippen molar-refractivity contribution in [2.75, 3.05) is 10.8 Å². The molecule has 7 nitrogen and oxygen atoms in total. The molecule has 0 bridgehead atoms. The number of benzene rings is 3. The lowest BCUT2D eigenvalue weighted by Crippen LogP contribution is -2.53. The average Bonchev–Trinajstić information content (AvgIpc) is 2.92. The molecule has 0 aromatic heterocycles. The average molecular weight is 659 g/mol. The van der Waals surface area contributed by atoms with Gasteiger partial charge >= 0.3 is 6.18 Å². The molecule has 0 saturated carbocycles. The zero-order valence-electron chi connectivity index (χ0n) is 24.0. The van der Waals surface area contributed by atoms with Crippen molar-refractivity contribution in [3.8, 4) is 0 Å². The Balaban J connectivity index is 2.17. The smallest absolute Gasteiger partial charge is 0.352 e. The zero-order valence-corrected chi connectivity index (χ0v) is 26.3. The van der Waals surface area contributed by atoms with Crippen molar-refractivity contribution in [1.29, 1.82) is 0 Å². The number of nitrogens with zero attached hydrogens (tertiary/aromatic N) is 2. The predicted octanol–water partition coefficient (Wildman–Crippen LogP) is 6.85. The van der Waals surface area contributed by atoms with Crippen LogP contribution in [0.2, 0.25) is 10.0 Å². The molecule has 1 atom stereocenters. The first kappa shape index (κ1) is 34.2. The van der Waals surface area contributed by atoms with Gasteiger partial charge in [0.05, 0.1) is 21.2 Å². The van der Waals surface area contributed by atoms with Crippen molar-refractivity contribution in [3.63, 3.8) is 0 Å². The zero-order chi connectivity index (χ0) is 32.1. The number of alkyl halides is 3. The van der Waals surface area contributed by atoms with Gasteiger partial charge in [0.25, 0.3) is 10.0 Å². The number of anilines is 1.